The number of nitrogens with one attached hydrogen (secondary N) is 2. The Morgan fingerprint density at radius 3 is 2.37 bits per heavy atom. The minimum absolute atomic E-state index is 0.130. The third kappa shape index (κ3) is 7.12. The quantitative estimate of drug-likeness (QED) is 0.562. The number of carbonyl (C=O) groups is 3. The topological polar surface area (TPSA) is 129 Å². The van der Waals surface area contributed by atoms with E-state index in [2.05, 4.69) is 15.8 Å². The van der Waals surface area contributed by atoms with Crippen molar-refractivity contribution in [3.8, 4) is 11.5 Å². The largest absolute Gasteiger partial charge is 0.490 e. The number of carbonyl (C=O) groups excluding carboxylic acids is 3. The molecule has 0 radical (unpaired) electrons. The minimum Gasteiger partial charge on any atom is -0.490 e. The first-order valence-corrected chi connectivity index (χ1v) is 9.53. The summed E-state index contributed by atoms with van der Waals surface area (Å²) in [6, 6.07) is 5.50. The third-order valence-corrected chi connectivity index (χ3v) is 3.54. The van der Waals surface area contributed by atoms with E-state index in [0.717, 1.165) is 12.8 Å². The van der Waals surface area contributed by atoms with Crippen LogP contribution in [0.4, 0.5) is 10.5 Å². The van der Waals surface area contributed by atoms with Crippen LogP contribution in [-0.2, 0) is 9.53 Å². The van der Waals surface area contributed by atoms with Crippen LogP contribution in [0.1, 0.15) is 42.9 Å². The zero-order chi connectivity index (χ0) is 21.9. The summed E-state index contributed by atoms with van der Waals surface area (Å²) >= 11 is 0. The van der Waals surface area contributed by atoms with Gasteiger partial charge in [0.15, 0.2) is 18.1 Å². The van der Waals surface area contributed by atoms with Crippen molar-refractivity contribution in [2.45, 2.75) is 33.6 Å². The van der Waals surface area contributed by atoms with Crippen LogP contribution in [0.3, 0.4) is 0 Å². The summed E-state index contributed by atoms with van der Waals surface area (Å²) in [6.07, 6.45) is 1.66. The molecule has 0 fully saturated rings. The lowest BCUT2D eigenvalue weighted by atomic mass is 10.2. The third-order valence-electron chi connectivity index (χ3n) is 3.54. The van der Waals surface area contributed by atoms with E-state index in [1.165, 1.54) is 6.07 Å². The number of amides is 3. The molecule has 1 heterocycles. The molecule has 2 rings (SSSR count). The fourth-order valence-corrected chi connectivity index (χ4v) is 2.23. The molecule has 0 aliphatic heterocycles. The van der Waals surface area contributed by atoms with E-state index < -0.39 is 24.5 Å². The molecule has 3 amide bonds. The average Bonchev–Trinajstić information content (AvgIpc) is 3.16. The van der Waals surface area contributed by atoms with Crippen molar-refractivity contribution < 1.29 is 33.1 Å². The number of anilines is 1. The van der Waals surface area contributed by atoms with Gasteiger partial charge in [0, 0.05) is 17.8 Å². The van der Waals surface area contributed by atoms with E-state index in [9.17, 15) is 14.4 Å². The maximum absolute atomic E-state index is 12.0. The number of nitrogens with zero attached hydrogens (tertiary/aromatic N) is 1. The molecule has 0 saturated carbocycles. The fraction of sp³-hybridized carbons (Fsp3) is 0.400. The second-order valence-electron chi connectivity index (χ2n) is 6.27. The van der Waals surface area contributed by atoms with Crippen LogP contribution >= 0.6 is 0 Å². The second-order valence-corrected chi connectivity index (χ2v) is 6.27. The molecule has 0 aliphatic carbocycles. The summed E-state index contributed by atoms with van der Waals surface area (Å²) in [4.78, 5) is 35.6. The Morgan fingerprint density at radius 1 is 1.03 bits per heavy atom. The Labute approximate surface area is 173 Å². The van der Waals surface area contributed by atoms with Crippen molar-refractivity contribution >= 4 is 23.6 Å². The maximum atomic E-state index is 12.0. The Bertz CT molecular complexity index is 879. The predicted octanol–water partition coefficient (Wildman–Crippen LogP) is 3.07. The molecule has 0 aliphatic rings. The number of urea groups is 1. The van der Waals surface area contributed by atoms with Gasteiger partial charge in [-0.3, -0.25) is 10.1 Å². The Morgan fingerprint density at radius 2 is 1.73 bits per heavy atom. The smallest absolute Gasteiger partial charge is 0.377 e. The Hall–Kier alpha value is -3.56. The monoisotopic (exact) mass is 419 g/mol. The molecule has 0 unspecified atom stereocenters. The van der Waals surface area contributed by atoms with Gasteiger partial charge in [0.25, 0.3) is 5.91 Å². The van der Waals surface area contributed by atoms with Crippen molar-refractivity contribution in [2.24, 2.45) is 0 Å². The van der Waals surface area contributed by atoms with Gasteiger partial charge in [0.1, 0.15) is 0 Å². The van der Waals surface area contributed by atoms with E-state index in [0.29, 0.717) is 36.1 Å². The highest BCUT2D eigenvalue weighted by atomic mass is 16.6. The van der Waals surface area contributed by atoms with Gasteiger partial charge in [0.2, 0.25) is 5.76 Å². The zero-order valence-corrected chi connectivity index (χ0v) is 17.1. The molecule has 0 saturated heterocycles. The number of ether oxygens (including phenoxy) is 3. The molecular formula is C20H25N3O7. The number of esters is 1. The van der Waals surface area contributed by atoms with Crippen LogP contribution in [0.5, 0.6) is 11.5 Å². The summed E-state index contributed by atoms with van der Waals surface area (Å²) in [6.45, 7) is 5.99. The van der Waals surface area contributed by atoms with Crippen molar-refractivity contribution in [2.75, 3.05) is 25.1 Å². The highest BCUT2D eigenvalue weighted by Gasteiger charge is 2.16. The van der Waals surface area contributed by atoms with Crippen molar-refractivity contribution in [3.05, 3.63) is 35.7 Å². The van der Waals surface area contributed by atoms with Gasteiger partial charge < -0.3 is 24.1 Å². The number of imide groups is 1. The molecule has 10 heteroatoms. The number of rotatable bonds is 10. The van der Waals surface area contributed by atoms with Crippen molar-refractivity contribution in [3.63, 3.8) is 0 Å². The normalized spacial score (nSPS) is 10.2. The molecule has 30 heavy (non-hydrogen) atoms. The van der Waals surface area contributed by atoms with Crippen LogP contribution in [-0.4, -0.2) is 42.9 Å². The van der Waals surface area contributed by atoms with Gasteiger partial charge in [-0.1, -0.05) is 19.0 Å². The number of benzene rings is 1. The Kier molecular flexibility index (Phi) is 8.67. The first-order chi connectivity index (χ1) is 14.4. The van der Waals surface area contributed by atoms with E-state index in [1.54, 1.807) is 25.1 Å². The van der Waals surface area contributed by atoms with Gasteiger partial charge in [-0.25, -0.2) is 9.59 Å². The lowest BCUT2D eigenvalue weighted by molar-refractivity contribution is -0.123. The second kappa shape index (κ2) is 11.4. The summed E-state index contributed by atoms with van der Waals surface area (Å²) in [5.41, 5.74) is 0.906. The van der Waals surface area contributed by atoms with Crippen LogP contribution < -0.4 is 20.1 Å². The molecule has 1 aromatic heterocycles. The highest BCUT2D eigenvalue weighted by molar-refractivity contribution is 6.02. The standard InChI is InChI=1S/C20H25N3O7/c1-4-8-27-15-7-6-14(11-16(15)28-9-5-2)21-20(26)22-18(24)12-29-19(25)17-10-13(3)23-30-17/h6-7,10-11H,4-5,8-9,12H2,1-3H3,(H2,21,22,24,26). The predicted molar refractivity (Wildman–Crippen MR) is 107 cm³/mol. The molecule has 0 bridgehead atoms. The SMILES string of the molecule is CCCOc1ccc(NC(=O)NC(=O)COC(=O)c2cc(C)no2)cc1OCCC. The van der Waals surface area contributed by atoms with Crippen LogP contribution in [0, 0.1) is 6.92 Å². The Balaban J connectivity index is 1.88. The first kappa shape index (κ1) is 22.7. The molecular weight excluding hydrogens is 394 g/mol. The highest BCUT2D eigenvalue weighted by Crippen LogP contribution is 2.30. The van der Waals surface area contributed by atoms with Crippen molar-refractivity contribution in [1.29, 1.82) is 0 Å². The molecule has 2 aromatic rings. The van der Waals surface area contributed by atoms with Gasteiger partial charge in [-0.15, -0.1) is 0 Å². The summed E-state index contributed by atoms with van der Waals surface area (Å²) in [5, 5.41) is 8.14. The van der Waals surface area contributed by atoms with Gasteiger partial charge in [-0.05, 0) is 31.9 Å². The number of aryl methyl sites for hydroxylation is 1. The van der Waals surface area contributed by atoms with E-state index in [4.69, 9.17) is 18.7 Å². The maximum Gasteiger partial charge on any atom is 0.377 e. The first-order valence-electron chi connectivity index (χ1n) is 9.53. The molecule has 2 N–H and O–H groups in total. The molecule has 162 valence electrons. The number of hydrogen-bond donors (Lipinski definition) is 2. The van der Waals surface area contributed by atoms with E-state index in [1.807, 2.05) is 13.8 Å². The molecule has 0 atom stereocenters. The van der Waals surface area contributed by atoms with E-state index >= 15 is 0 Å². The van der Waals surface area contributed by atoms with Gasteiger partial charge >= 0.3 is 12.0 Å². The average molecular weight is 419 g/mol. The van der Waals surface area contributed by atoms with Crippen molar-refractivity contribution in [1.82, 2.24) is 10.5 Å². The molecule has 1 aromatic carbocycles. The molecule has 10 nitrogen and oxygen atoms in total. The van der Waals surface area contributed by atoms with E-state index in [-0.39, 0.29) is 5.76 Å². The fourth-order valence-electron chi connectivity index (χ4n) is 2.23. The summed E-state index contributed by atoms with van der Waals surface area (Å²) < 4.78 is 20.8. The van der Waals surface area contributed by atoms with Crippen LogP contribution in [0.25, 0.3) is 0 Å². The van der Waals surface area contributed by atoms with Crippen LogP contribution in [0.2, 0.25) is 0 Å². The lowest BCUT2D eigenvalue weighted by Gasteiger charge is -2.14. The van der Waals surface area contributed by atoms with Gasteiger partial charge in [-0.2, -0.15) is 0 Å². The lowest BCUT2D eigenvalue weighted by Crippen LogP contribution is -2.37. The summed E-state index contributed by atoms with van der Waals surface area (Å²) in [5.74, 6) is -0.726. The number of hydrogen-bond acceptors (Lipinski definition) is 8. The zero-order valence-electron chi connectivity index (χ0n) is 17.1. The minimum atomic E-state index is -0.855. The van der Waals surface area contributed by atoms with Gasteiger partial charge in [0.05, 0.1) is 18.9 Å². The van der Waals surface area contributed by atoms with Crippen LogP contribution in [0.15, 0.2) is 28.8 Å². The number of aromatic nitrogens is 1. The molecule has 0 spiro atoms. The summed E-state index contributed by atoms with van der Waals surface area (Å²) in [7, 11) is 0.